The highest BCUT2D eigenvalue weighted by molar-refractivity contribution is 9.11. The predicted octanol–water partition coefficient (Wildman–Crippen LogP) is 2.21. The van der Waals surface area contributed by atoms with E-state index in [0.717, 1.165) is 0 Å². The molecule has 0 aliphatic heterocycles. The highest BCUT2D eigenvalue weighted by Gasteiger charge is 1.68. The van der Waals surface area contributed by atoms with E-state index in [1.54, 1.807) is 0 Å². The van der Waals surface area contributed by atoms with Crippen LogP contribution in [0.25, 0.3) is 0 Å². The van der Waals surface area contributed by atoms with E-state index in [-0.39, 0.29) is 5.83 Å². The molecule has 0 aliphatic carbocycles. The highest BCUT2D eigenvalue weighted by Crippen LogP contribution is 1.94. The maximum Gasteiger partial charge on any atom is 0.104 e. The molecule has 5 heavy (non-hydrogen) atoms. The van der Waals surface area contributed by atoms with Crippen molar-refractivity contribution in [3.63, 3.8) is 0 Å². The van der Waals surface area contributed by atoms with Crippen LogP contribution in [-0.2, 0) is 0 Å². The van der Waals surface area contributed by atoms with Crippen LogP contribution in [0, 0.1) is 0 Å². The summed E-state index contributed by atoms with van der Waals surface area (Å²) in [5.74, 6) is -0.204. The highest BCUT2D eigenvalue weighted by atomic mass is 79.9. The lowest BCUT2D eigenvalue weighted by molar-refractivity contribution is 0.644. The van der Waals surface area contributed by atoms with Gasteiger partial charge in [0, 0.05) is 4.99 Å². The first-order valence-corrected chi connectivity index (χ1v) is 2.11. The minimum atomic E-state index is -0.204. The fraction of sp³-hybridized carbons (Fsp3) is 0.333. The van der Waals surface area contributed by atoms with Gasteiger partial charge >= 0.3 is 0 Å². The van der Waals surface area contributed by atoms with Crippen molar-refractivity contribution in [1.82, 2.24) is 0 Å². The molecule has 0 nitrogen and oxygen atoms in total. The Labute approximate surface area is 38.8 Å². The van der Waals surface area contributed by atoms with E-state index in [4.69, 9.17) is 0 Å². The monoisotopic (exact) mass is 138 g/mol. The normalized spacial score (nSPS) is 12.2. The fourth-order valence-electron chi connectivity index (χ4n) is 0. The van der Waals surface area contributed by atoms with Crippen LogP contribution < -0.4 is 0 Å². The van der Waals surface area contributed by atoms with Crippen LogP contribution in [0.15, 0.2) is 10.8 Å². The van der Waals surface area contributed by atoms with Crippen molar-refractivity contribution in [2.75, 3.05) is 0 Å². The Bertz CT molecular complexity index is 44.9. The van der Waals surface area contributed by atoms with Gasteiger partial charge in [-0.15, -0.1) is 0 Å². The minimum Gasteiger partial charge on any atom is -0.212 e. The van der Waals surface area contributed by atoms with Crippen molar-refractivity contribution < 1.29 is 4.39 Å². The van der Waals surface area contributed by atoms with Crippen LogP contribution in [-0.4, -0.2) is 0 Å². The first-order valence-electron chi connectivity index (χ1n) is 1.20. The SMILES string of the molecule is CC(F)=CBr. The van der Waals surface area contributed by atoms with Crippen LogP contribution in [0.3, 0.4) is 0 Å². The van der Waals surface area contributed by atoms with Crippen LogP contribution in [0.5, 0.6) is 0 Å². The number of allylic oxidation sites excluding steroid dienone is 1. The van der Waals surface area contributed by atoms with Gasteiger partial charge < -0.3 is 0 Å². The second kappa shape index (κ2) is 2.39. The van der Waals surface area contributed by atoms with Crippen molar-refractivity contribution >= 4 is 15.9 Å². The van der Waals surface area contributed by atoms with Gasteiger partial charge in [-0.05, 0) is 6.92 Å². The fourth-order valence-corrected chi connectivity index (χ4v) is 0. The second-order valence-corrected chi connectivity index (χ2v) is 1.15. The van der Waals surface area contributed by atoms with Gasteiger partial charge in [-0.25, -0.2) is 4.39 Å². The Kier molecular flexibility index (Phi) is 2.46. The summed E-state index contributed by atoms with van der Waals surface area (Å²) in [6, 6.07) is 0. The summed E-state index contributed by atoms with van der Waals surface area (Å²) in [6.07, 6.45) is 0. The van der Waals surface area contributed by atoms with Gasteiger partial charge in [0.2, 0.25) is 0 Å². The van der Waals surface area contributed by atoms with Crippen molar-refractivity contribution in [2.45, 2.75) is 6.92 Å². The van der Waals surface area contributed by atoms with Gasteiger partial charge in [0.25, 0.3) is 0 Å². The molecule has 0 fully saturated rings. The predicted molar refractivity (Wildman–Crippen MR) is 23.8 cm³/mol. The van der Waals surface area contributed by atoms with Crippen LogP contribution in [0.1, 0.15) is 6.92 Å². The van der Waals surface area contributed by atoms with Crippen molar-refractivity contribution in [1.29, 1.82) is 0 Å². The standard InChI is InChI=1S/C3H4BrF/c1-3(5)2-4/h2H,1H3. The molecule has 0 saturated carbocycles. The maximum atomic E-state index is 11.2. The van der Waals surface area contributed by atoms with E-state index in [9.17, 15) is 4.39 Å². The third kappa shape index (κ3) is 4.15. The summed E-state index contributed by atoms with van der Waals surface area (Å²) in [6.45, 7) is 1.37. The van der Waals surface area contributed by atoms with Crippen LogP contribution in [0.2, 0.25) is 0 Å². The summed E-state index contributed by atoms with van der Waals surface area (Å²) in [5.41, 5.74) is 0. The van der Waals surface area contributed by atoms with E-state index in [2.05, 4.69) is 15.9 Å². The van der Waals surface area contributed by atoms with E-state index < -0.39 is 0 Å². The maximum absolute atomic E-state index is 11.2. The van der Waals surface area contributed by atoms with Gasteiger partial charge in [-0.1, -0.05) is 15.9 Å². The Hall–Kier alpha value is 0.150. The summed E-state index contributed by atoms with van der Waals surface area (Å²) in [4.78, 5) is 1.23. The number of halogens is 2. The third-order valence-corrected chi connectivity index (χ3v) is 0.781. The smallest absolute Gasteiger partial charge is 0.104 e. The number of rotatable bonds is 0. The Morgan fingerprint density at radius 1 is 2.00 bits per heavy atom. The Balaban J connectivity index is 3.14. The molecule has 0 aliphatic rings. The molecule has 0 amide bonds. The summed E-state index contributed by atoms with van der Waals surface area (Å²) in [7, 11) is 0. The molecule has 0 bridgehead atoms. The lowest BCUT2D eigenvalue weighted by atomic mass is 10.7. The van der Waals surface area contributed by atoms with E-state index in [1.165, 1.54) is 11.9 Å². The van der Waals surface area contributed by atoms with E-state index >= 15 is 0 Å². The van der Waals surface area contributed by atoms with E-state index in [0.29, 0.717) is 0 Å². The molecule has 0 aromatic heterocycles. The average Bonchev–Trinajstić information content (AvgIpc) is 1.38. The van der Waals surface area contributed by atoms with Gasteiger partial charge in [-0.2, -0.15) is 0 Å². The molecule has 0 radical (unpaired) electrons. The van der Waals surface area contributed by atoms with Gasteiger partial charge in [0.05, 0.1) is 0 Å². The quantitative estimate of drug-likeness (QED) is 0.482. The zero-order valence-electron chi connectivity index (χ0n) is 2.83. The van der Waals surface area contributed by atoms with E-state index in [1.807, 2.05) is 0 Å². The molecule has 2 heteroatoms. The third-order valence-electron chi connectivity index (χ3n) is 0.150. The molecule has 0 spiro atoms. The van der Waals surface area contributed by atoms with Crippen LogP contribution >= 0.6 is 15.9 Å². The molecule has 0 aromatic rings. The molecule has 0 heterocycles. The molecule has 0 saturated heterocycles. The topological polar surface area (TPSA) is 0 Å². The zero-order valence-corrected chi connectivity index (χ0v) is 4.42. The molecule has 0 N–H and O–H groups in total. The van der Waals surface area contributed by atoms with Crippen molar-refractivity contribution in [2.24, 2.45) is 0 Å². The summed E-state index contributed by atoms with van der Waals surface area (Å²) in [5, 5.41) is 0. The second-order valence-electron chi connectivity index (χ2n) is 0.696. The first kappa shape index (κ1) is 5.15. The molecule has 0 unspecified atom stereocenters. The summed E-state index contributed by atoms with van der Waals surface area (Å²) < 4.78 is 11.2. The Morgan fingerprint density at radius 3 is 2.20 bits per heavy atom. The molecule has 0 rings (SSSR count). The lowest BCUT2D eigenvalue weighted by Gasteiger charge is -1.66. The molecule has 30 valence electrons. The first-order chi connectivity index (χ1) is 2.27. The number of hydrogen-bond acceptors (Lipinski definition) is 0. The Morgan fingerprint density at radius 2 is 2.20 bits per heavy atom. The molecular formula is C3H4BrF. The lowest BCUT2D eigenvalue weighted by Crippen LogP contribution is -1.44. The van der Waals surface area contributed by atoms with Gasteiger partial charge in [0.15, 0.2) is 0 Å². The molecular weight excluding hydrogens is 135 g/mol. The minimum absolute atomic E-state index is 0.204. The van der Waals surface area contributed by atoms with Crippen molar-refractivity contribution in [3.8, 4) is 0 Å². The molecule has 0 aromatic carbocycles. The zero-order chi connectivity index (χ0) is 4.28. The average molecular weight is 139 g/mol. The molecule has 0 atom stereocenters. The van der Waals surface area contributed by atoms with Crippen molar-refractivity contribution in [3.05, 3.63) is 10.8 Å². The number of hydrogen-bond donors (Lipinski definition) is 0. The largest absolute Gasteiger partial charge is 0.212 e. The van der Waals surface area contributed by atoms with Crippen LogP contribution in [0.4, 0.5) is 4.39 Å². The summed E-state index contributed by atoms with van der Waals surface area (Å²) >= 11 is 2.78. The van der Waals surface area contributed by atoms with Gasteiger partial charge in [-0.3, -0.25) is 0 Å². The van der Waals surface area contributed by atoms with Gasteiger partial charge in [0.1, 0.15) is 5.83 Å².